The molecule has 0 saturated heterocycles. The summed E-state index contributed by atoms with van der Waals surface area (Å²) in [6.45, 7) is 2.73. The molecule has 0 atom stereocenters. The first-order chi connectivity index (χ1) is 12.5. The minimum atomic E-state index is -0.371. The summed E-state index contributed by atoms with van der Waals surface area (Å²) in [4.78, 5) is 30.5. The van der Waals surface area contributed by atoms with E-state index in [0.717, 1.165) is 12.8 Å². The van der Waals surface area contributed by atoms with E-state index in [-0.39, 0.29) is 11.8 Å². The molecule has 7 heteroatoms. The van der Waals surface area contributed by atoms with Crippen molar-refractivity contribution in [1.82, 2.24) is 9.88 Å². The van der Waals surface area contributed by atoms with Crippen LogP contribution in [0.1, 0.15) is 40.5 Å². The van der Waals surface area contributed by atoms with Crippen LogP contribution in [0.15, 0.2) is 36.7 Å². The van der Waals surface area contributed by atoms with Gasteiger partial charge in [-0.25, -0.2) is 0 Å². The maximum Gasteiger partial charge on any atom is 0.257 e. The molecule has 1 aromatic heterocycles. The van der Waals surface area contributed by atoms with Crippen molar-refractivity contribution in [3.63, 3.8) is 0 Å². The number of rotatable bonds is 7. The van der Waals surface area contributed by atoms with Crippen molar-refractivity contribution in [2.45, 2.75) is 19.8 Å². The van der Waals surface area contributed by atoms with Crippen LogP contribution < -0.4 is 10.1 Å². The first kappa shape index (κ1) is 19.7. The molecule has 0 aliphatic heterocycles. The number of pyridine rings is 1. The molecule has 0 saturated carbocycles. The Labute approximate surface area is 158 Å². The highest BCUT2D eigenvalue weighted by Crippen LogP contribution is 2.27. The molecule has 1 N–H and O–H groups in total. The number of aromatic nitrogens is 1. The number of methoxy groups -OCH3 is 1. The number of hydrogen-bond acceptors (Lipinski definition) is 4. The minimum absolute atomic E-state index is 0.159. The summed E-state index contributed by atoms with van der Waals surface area (Å²) in [5.41, 5.74) is 1.20. The lowest BCUT2D eigenvalue weighted by molar-refractivity contribution is 0.0793. The molecule has 0 fully saturated rings. The van der Waals surface area contributed by atoms with E-state index < -0.39 is 0 Å². The van der Waals surface area contributed by atoms with Crippen molar-refractivity contribution in [1.29, 1.82) is 0 Å². The molecular weight excluding hydrogens is 354 g/mol. The maximum absolute atomic E-state index is 12.4. The van der Waals surface area contributed by atoms with Crippen LogP contribution in [0, 0.1) is 0 Å². The van der Waals surface area contributed by atoms with Gasteiger partial charge in [0.2, 0.25) is 0 Å². The van der Waals surface area contributed by atoms with Crippen molar-refractivity contribution < 1.29 is 14.3 Å². The number of halogens is 1. The summed E-state index contributed by atoms with van der Waals surface area (Å²) in [5, 5.41) is 3.13. The molecule has 138 valence electrons. The van der Waals surface area contributed by atoms with Gasteiger partial charge in [0.05, 0.1) is 23.3 Å². The van der Waals surface area contributed by atoms with Crippen molar-refractivity contribution in [2.24, 2.45) is 0 Å². The Morgan fingerprint density at radius 3 is 2.62 bits per heavy atom. The SMILES string of the molecule is CCCCN(C)C(=O)c1cncc(C(=O)Nc2ccc(OC)c(Cl)c2)c1. The lowest BCUT2D eigenvalue weighted by Gasteiger charge is -2.16. The van der Waals surface area contributed by atoms with Gasteiger partial charge in [0, 0.05) is 31.7 Å². The highest BCUT2D eigenvalue weighted by Gasteiger charge is 2.15. The van der Waals surface area contributed by atoms with Crippen molar-refractivity contribution in [3.8, 4) is 5.75 Å². The molecule has 1 aromatic carbocycles. The molecule has 0 radical (unpaired) electrons. The second kappa shape index (κ2) is 9.20. The summed E-state index contributed by atoms with van der Waals surface area (Å²) in [6, 6.07) is 6.49. The number of unbranched alkanes of at least 4 members (excludes halogenated alkanes) is 1. The Hall–Kier alpha value is -2.60. The summed E-state index contributed by atoms with van der Waals surface area (Å²) < 4.78 is 5.09. The fraction of sp³-hybridized carbons (Fsp3) is 0.316. The summed E-state index contributed by atoms with van der Waals surface area (Å²) in [6.07, 6.45) is 4.81. The van der Waals surface area contributed by atoms with Crippen LogP contribution in [0.5, 0.6) is 5.75 Å². The smallest absolute Gasteiger partial charge is 0.257 e. The van der Waals surface area contributed by atoms with Crippen molar-refractivity contribution in [3.05, 3.63) is 52.8 Å². The average Bonchev–Trinajstić information content (AvgIpc) is 2.65. The molecule has 0 spiro atoms. The van der Waals surface area contributed by atoms with Crippen LogP contribution >= 0.6 is 11.6 Å². The zero-order valence-electron chi connectivity index (χ0n) is 15.1. The summed E-state index contributed by atoms with van der Waals surface area (Å²) in [5.74, 6) is -0.00766. The predicted molar refractivity (Wildman–Crippen MR) is 102 cm³/mol. The Bertz CT molecular complexity index is 795. The van der Waals surface area contributed by atoms with E-state index in [4.69, 9.17) is 16.3 Å². The molecule has 26 heavy (non-hydrogen) atoms. The van der Waals surface area contributed by atoms with E-state index in [1.54, 1.807) is 30.1 Å². The quantitative estimate of drug-likeness (QED) is 0.797. The van der Waals surface area contributed by atoms with Gasteiger partial charge in [-0.1, -0.05) is 24.9 Å². The number of ether oxygens (including phenoxy) is 1. The molecule has 2 rings (SSSR count). The topological polar surface area (TPSA) is 71.5 Å². The van der Waals surface area contributed by atoms with Crippen LogP contribution in [0.2, 0.25) is 5.02 Å². The van der Waals surface area contributed by atoms with Crippen LogP contribution in [0.3, 0.4) is 0 Å². The van der Waals surface area contributed by atoms with E-state index in [2.05, 4.69) is 17.2 Å². The summed E-state index contributed by atoms with van der Waals surface area (Å²) >= 11 is 6.06. The molecule has 0 bridgehead atoms. The lowest BCUT2D eigenvalue weighted by Crippen LogP contribution is -2.28. The number of nitrogens with zero attached hydrogens (tertiary/aromatic N) is 2. The monoisotopic (exact) mass is 375 g/mol. The number of nitrogens with one attached hydrogen (secondary N) is 1. The maximum atomic E-state index is 12.4. The average molecular weight is 376 g/mol. The fourth-order valence-electron chi connectivity index (χ4n) is 2.35. The zero-order chi connectivity index (χ0) is 19.1. The molecule has 6 nitrogen and oxygen atoms in total. The molecule has 2 amide bonds. The second-order valence-electron chi connectivity index (χ2n) is 5.85. The van der Waals surface area contributed by atoms with Gasteiger partial charge in [0.25, 0.3) is 11.8 Å². The normalized spacial score (nSPS) is 10.3. The van der Waals surface area contributed by atoms with Gasteiger partial charge in [0.1, 0.15) is 5.75 Å². The van der Waals surface area contributed by atoms with Crippen LogP contribution in [-0.2, 0) is 0 Å². The zero-order valence-corrected chi connectivity index (χ0v) is 15.8. The highest BCUT2D eigenvalue weighted by atomic mass is 35.5. The van der Waals surface area contributed by atoms with E-state index in [1.807, 2.05) is 0 Å². The third-order valence-electron chi connectivity index (χ3n) is 3.85. The second-order valence-corrected chi connectivity index (χ2v) is 6.25. The summed E-state index contributed by atoms with van der Waals surface area (Å²) in [7, 11) is 3.26. The number of carbonyl (C=O) groups excluding carboxylic acids is 2. The lowest BCUT2D eigenvalue weighted by atomic mass is 10.1. The molecular formula is C19H22ClN3O3. The number of hydrogen-bond donors (Lipinski definition) is 1. The van der Waals surface area contributed by atoms with Gasteiger partial charge in [-0.3, -0.25) is 14.6 Å². The van der Waals surface area contributed by atoms with Crippen LogP contribution in [-0.4, -0.2) is 42.4 Å². The number of carbonyl (C=O) groups is 2. The Morgan fingerprint density at radius 1 is 1.23 bits per heavy atom. The van der Waals surface area contributed by atoms with E-state index in [9.17, 15) is 9.59 Å². The van der Waals surface area contributed by atoms with Crippen molar-refractivity contribution >= 4 is 29.1 Å². The van der Waals surface area contributed by atoms with E-state index in [0.29, 0.717) is 34.1 Å². The third kappa shape index (κ3) is 4.95. The van der Waals surface area contributed by atoms with E-state index >= 15 is 0 Å². The molecule has 1 heterocycles. The Balaban J connectivity index is 2.12. The fourth-order valence-corrected chi connectivity index (χ4v) is 2.60. The minimum Gasteiger partial charge on any atom is -0.495 e. The van der Waals surface area contributed by atoms with Gasteiger partial charge in [-0.2, -0.15) is 0 Å². The number of benzene rings is 1. The predicted octanol–water partition coefficient (Wildman–Crippen LogP) is 3.87. The standard InChI is InChI=1S/C19H22ClN3O3/c1-4-5-8-23(2)19(25)14-9-13(11-21-12-14)18(24)22-15-6-7-17(26-3)16(20)10-15/h6-7,9-12H,4-5,8H2,1-3H3,(H,22,24). The largest absolute Gasteiger partial charge is 0.495 e. The number of anilines is 1. The molecule has 0 aliphatic carbocycles. The molecule has 2 aromatic rings. The van der Waals surface area contributed by atoms with E-state index in [1.165, 1.54) is 25.6 Å². The Morgan fingerprint density at radius 2 is 1.96 bits per heavy atom. The van der Waals surface area contributed by atoms with Crippen LogP contribution in [0.25, 0.3) is 0 Å². The van der Waals surface area contributed by atoms with Gasteiger partial charge in [-0.05, 0) is 30.7 Å². The van der Waals surface area contributed by atoms with Gasteiger partial charge < -0.3 is 15.0 Å². The highest BCUT2D eigenvalue weighted by molar-refractivity contribution is 6.32. The first-order valence-corrected chi connectivity index (χ1v) is 8.69. The number of amides is 2. The van der Waals surface area contributed by atoms with Crippen molar-refractivity contribution in [2.75, 3.05) is 26.0 Å². The Kier molecular flexibility index (Phi) is 6.97. The third-order valence-corrected chi connectivity index (χ3v) is 4.15. The van der Waals surface area contributed by atoms with Gasteiger partial charge in [-0.15, -0.1) is 0 Å². The molecule has 0 aliphatic rings. The van der Waals surface area contributed by atoms with Gasteiger partial charge in [0.15, 0.2) is 0 Å². The first-order valence-electron chi connectivity index (χ1n) is 8.31. The molecule has 0 unspecified atom stereocenters. The van der Waals surface area contributed by atoms with Crippen LogP contribution in [0.4, 0.5) is 5.69 Å². The van der Waals surface area contributed by atoms with Gasteiger partial charge >= 0.3 is 0 Å².